The molecule has 1 N–H and O–H groups in total. The van der Waals surface area contributed by atoms with E-state index in [0.717, 1.165) is 44.6 Å². The van der Waals surface area contributed by atoms with Gasteiger partial charge in [0.25, 0.3) is 0 Å². The maximum Gasteiger partial charge on any atom is 0.165 e. The van der Waals surface area contributed by atoms with Crippen molar-refractivity contribution < 1.29 is 9.13 Å². The Labute approximate surface area is 144 Å². The van der Waals surface area contributed by atoms with E-state index >= 15 is 0 Å². The smallest absolute Gasteiger partial charge is 0.165 e. The molecule has 0 aliphatic carbocycles. The molecule has 0 radical (unpaired) electrons. The highest BCUT2D eigenvalue weighted by molar-refractivity contribution is 5.85. The SMILES string of the molecule is C=CCC[C@H](c1ccc(F)c(OC)c1)N1CCNCC1.Cl.Cl. The largest absolute Gasteiger partial charge is 0.494 e. The van der Waals surface area contributed by atoms with Crippen molar-refractivity contribution in [2.75, 3.05) is 33.3 Å². The van der Waals surface area contributed by atoms with Crippen LogP contribution in [0.3, 0.4) is 0 Å². The summed E-state index contributed by atoms with van der Waals surface area (Å²) in [7, 11) is 1.51. The molecule has 1 heterocycles. The van der Waals surface area contributed by atoms with Crippen LogP contribution in [0.25, 0.3) is 0 Å². The van der Waals surface area contributed by atoms with Gasteiger partial charge in [0.05, 0.1) is 7.11 Å². The van der Waals surface area contributed by atoms with Gasteiger partial charge in [-0.3, -0.25) is 4.90 Å². The molecule has 3 nitrogen and oxygen atoms in total. The number of methoxy groups -OCH3 is 1. The van der Waals surface area contributed by atoms with Gasteiger partial charge in [0.1, 0.15) is 0 Å². The first-order valence-electron chi connectivity index (χ1n) is 7.15. The zero-order valence-electron chi connectivity index (χ0n) is 12.9. The van der Waals surface area contributed by atoms with Crippen LogP contribution in [0.1, 0.15) is 24.4 Å². The van der Waals surface area contributed by atoms with E-state index in [1.54, 1.807) is 0 Å². The van der Waals surface area contributed by atoms with Crippen molar-refractivity contribution in [1.82, 2.24) is 10.2 Å². The molecule has 1 atom stereocenters. The van der Waals surface area contributed by atoms with Crippen LogP contribution in [-0.4, -0.2) is 38.2 Å². The lowest BCUT2D eigenvalue weighted by Crippen LogP contribution is -2.45. The van der Waals surface area contributed by atoms with Gasteiger partial charge in [0, 0.05) is 32.2 Å². The van der Waals surface area contributed by atoms with E-state index in [1.165, 1.54) is 13.2 Å². The molecule has 1 aliphatic rings. The van der Waals surface area contributed by atoms with E-state index in [-0.39, 0.29) is 30.6 Å². The number of benzene rings is 1. The van der Waals surface area contributed by atoms with Gasteiger partial charge in [0.15, 0.2) is 11.6 Å². The van der Waals surface area contributed by atoms with Crippen LogP contribution < -0.4 is 10.1 Å². The molecule has 22 heavy (non-hydrogen) atoms. The molecule has 1 saturated heterocycles. The lowest BCUT2D eigenvalue weighted by molar-refractivity contribution is 0.166. The third-order valence-electron chi connectivity index (χ3n) is 3.80. The maximum atomic E-state index is 13.6. The maximum absolute atomic E-state index is 13.6. The summed E-state index contributed by atoms with van der Waals surface area (Å²) >= 11 is 0. The van der Waals surface area contributed by atoms with Gasteiger partial charge >= 0.3 is 0 Å². The first-order chi connectivity index (χ1) is 9.76. The van der Waals surface area contributed by atoms with Crippen molar-refractivity contribution in [3.63, 3.8) is 0 Å². The standard InChI is InChI=1S/C16H23FN2O.2ClH/c1-3-4-5-15(19-10-8-18-9-11-19)13-6-7-14(17)16(12-13)20-2;;/h3,6-7,12,15,18H,1,4-5,8-11H2,2H3;2*1H/t15-;;/m1../s1. The minimum Gasteiger partial charge on any atom is -0.494 e. The van der Waals surface area contributed by atoms with Gasteiger partial charge in [0.2, 0.25) is 0 Å². The highest BCUT2D eigenvalue weighted by Crippen LogP contribution is 2.30. The van der Waals surface area contributed by atoms with E-state index in [0.29, 0.717) is 11.8 Å². The number of nitrogens with one attached hydrogen (secondary N) is 1. The predicted octanol–water partition coefficient (Wildman–Crippen LogP) is 3.59. The zero-order valence-corrected chi connectivity index (χ0v) is 14.5. The minimum absolute atomic E-state index is 0. The molecule has 1 aromatic rings. The second-order valence-electron chi connectivity index (χ2n) is 5.06. The minimum atomic E-state index is -0.306. The van der Waals surface area contributed by atoms with Crippen LogP contribution >= 0.6 is 24.8 Å². The molecule has 0 bridgehead atoms. The molecule has 6 heteroatoms. The topological polar surface area (TPSA) is 24.5 Å². The Hall–Kier alpha value is -0.810. The lowest BCUT2D eigenvalue weighted by atomic mass is 9.99. The number of allylic oxidation sites excluding steroid dienone is 1. The number of hydrogen-bond donors (Lipinski definition) is 1. The molecule has 0 amide bonds. The molecule has 0 spiro atoms. The van der Waals surface area contributed by atoms with Gasteiger partial charge in [-0.1, -0.05) is 12.1 Å². The van der Waals surface area contributed by atoms with Crippen LogP contribution in [0.4, 0.5) is 4.39 Å². The van der Waals surface area contributed by atoms with Gasteiger partial charge < -0.3 is 10.1 Å². The number of hydrogen-bond acceptors (Lipinski definition) is 3. The van der Waals surface area contributed by atoms with E-state index in [4.69, 9.17) is 4.74 Å². The molecular formula is C16H25Cl2FN2O. The molecule has 0 unspecified atom stereocenters. The number of piperazine rings is 1. The molecular weight excluding hydrogens is 326 g/mol. The Balaban J connectivity index is 0.00000220. The Morgan fingerprint density at radius 3 is 2.64 bits per heavy atom. The van der Waals surface area contributed by atoms with Crippen LogP contribution in [0.15, 0.2) is 30.9 Å². The van der Waals surface area contributed by atoms with Crippen molar-refractivity contribution in [1.29, 1.82) is 0 Å². The molecule has 1 aromatic carbocycles. The highest BCUT2D eigenvalue weighted by Gasteiger charge is 2.22. The summed E-state index contributed by atoms with van der Waals surface area (Å²) in [6.45, 7) is 7.84. The Morgan fingerprint density at radius 1 is 1.36 bits per heavy atom. The van der Waals surface area contributed by atoms with Crippen LogP contribution in [0.2, 0.25) is 0 Å². The van der Waals surface area contributed by atoms with Crippen molar-refractivity contribution in [3.05, 3.63) is 42.2 Å². The number of halogens is 3. The van der Waals surface area contributed by atoms with E-state index in [2.05, 4.69) is 16.8 Å². The average Bonchev–Trinajstić information content (AvgIpc) is 2.50. The van der Waals surface area contributed by atoms with E-state index in [9.17, 15) is 4.39 Å². The fourth-order valence-corrected chi connectivity index (χ4v) is 2.71. The van der Waals surface area contributed by atoms with Gasteiger partial charge in [-0.15, -0.1) is 31.4 Å². The van der Waals surface area contributed by atoms with Crippen molar-refractivity contribution >= 4 is 24.8 Å². The predicted molar refractivity (Wildman–Crippen MR) is 94.1 cm³/mol. The second kappa shape index (κ2) is 10.8. The zero-order chi connectivity index (χ0) is 14.4. The fraction of sp³-hybridized carbons (Fsp3) is 0.500. The van der Waals surface area contributed by atoms with Crippen molar-refractivity contribution in [2.24, 2.45) is 0 Å². The van der Waals surface area contributed by atoms with Crippen LogP contribution in [-0.2, 0) is 0 Å². The monoisotopic (exact) mass is 350 g/mol. The quantitative estimate of drug-likeness (QED) is 0.793. The molecule has 1 fully saturated rings. The van der Waals surface area contributed by atoms with Gasteiger partial charge in [-0.05, 0) is 30.5 Å². The Kier molecular flexibility index (Phi) is 10.4. The summed E-state index contributed by atoms with van der Waals surface area (Å²) in [6.07, 6.45) is 3.89. The highest BCUT2D eigenvalue weighted by atomic mass is 35.5. The summed E-state index contributed by atoms with van der Waals surface area (Å²) in [5.74, 6) is 0.0141. The van der Waals surface area contributed by atoms with Crippen LogP contribution in [0, 0.1) is 5.82 Å². The molecule has 2 rings (SSSR count). The summed E-state index contributed by atoms with van der Waals surface area (Å²) in [5.41, 5.74) is 1.12. The molecule has 0 aromatic heterocycles. The number of ether oxygens (including phenoxy) is 1. The van der Waals surface area contributed by atoms with Crippen LogP contribution in [0.5, 0.6) is 5.75 Å². The van der Waals surface area contributed by atoms with E-state index in [1.807, 2.05) is 18.2 Å². The molecule has 1 aliphatic heterocycles. The molecule has 126 valence electrons. The van der Waals surface area contributed by atoms with Gasteiger partial charge in [-0.2, -0.15) is 0 Å². The summed E-state index contributed by atoms with van der Waals surface area (Å²) in [6, 6.07) is 5.49. The summed E-state index contributed by atoms with van der Waals surface area (Å²) in [4.78, 5) is 2.45. The number of nitrogens with zero attached hydrogens (tertiary/aromatic N) is 1. The first kappa shape index (κ1) is 21.2. The third-order valence-corrected chi connectivity index (χ3v) is 3.80. The Bertz CT molecular complexity index is 454. The third kappa shape index (κ3) is 5.43. The normalized spacial score (nSPS) is 16.1. The lowest BCUT2D eigenvalue weighted by Gasteiger charge is -2.35. The average molecular weight is 351 g/mol. The van der Waals surface area contributed by atoms with E-state index < -0.39 is 0 Å². The van der Waals surface area contributed by atoms with Crippen molar-refractivity contribution in [2.45, 2.75) is 18.9 Å². The second-order valence-corrected chi connectivity index (χ2v) is 5.06. The fourth-order valence-electron chi connectivity index (χ4n) is 2.71. The summed E-state index contributed by atoms with van der Waals surface area (Å²) < 4.78 is 18.7. The molecule has 0 saturated carbocycles. The number of rotatable bonds is 6. The van der Waals surface area contributed by atoms with Gasteiger partial charge in [-0.25, -0.2) is 4.39 Å². The first-order valence-corrected chi connectivity index (χ1v) is 7.15. The Morgan fingerprint density at radius 2 is 2.05 bits per heavy atom. The van der Waals surface area contributed by atoms with Crippen molar-refractivity contribution in [3.8, 4) is 5.75 Å². The summed E-state index contributed by atoms with van der Waals surface area (Å²) in [5, 5.41) is 3.36.